The summed E-state index contributed by atoms with van der Waals surface area (Å²) in [6.45, 7) is 2.02. The van der Waals surface area contributed by atoms with Crippen LogP contribution in [0, 0.1) is 18.3 Å². The summed E-state index contributed by atoms with van der Waals surface area (Å²) in [5.41, 5.74) is 2.53. The second kappa shape index (κ2) is 4.33. The van der Waals surface area contributed by atoms with Crippen LogP contribution in [0.1, 0.15) is 11.3 Å². The average Bonchev–Trinajstić information content (AvgIpc) is 2.77. The Morgan fingerprint density at radius 3 is 2.88 bits per heavy atom. The Labute approximate surface area is 97.9 Å². The largest absolute Gasteiger partial charge is 0.496 e. The number of aryl methyl sites for hydroxylation is 1. The topological polar surface area (TPSA) is 45.9 Å². The van der Waals surface area contributed by atoms with Crippen molar-refractivity contribution in [2.45, 2.75) is 6.92 Å². The Balaban J connectivity index is 2.54. The summed E-state index contributed by atoms with van der Waals surface area (Å²) >= 11 is 1.45. The lowest BCUT2D eigenvalue weighted by molar-refractivity contribution is 0.416. The molecule has 0 unspecified atom stereocenters. The molecule has 80 valence electrons. The van der Waals surface area contributed by atoms with Crippen LogP contribution in [-0.2, 0) is 0 Å². The van der Waals surface area contributed by atoms with Crippen molar-refractivity contribution < 1.29 is 4.74 Å². The fraction of sp³-hybridized carbons (Fsp3) is 0.167. The van der Waals surface area contributed by atoms with Crippen molar-refractivity contribution in [3.8, 4) is 22.4 Å². The van der Waals surface area contributed by atoms with Crippen molar-refractivity contribution >= 4 is 11.3 Å². The summed E-state index contributed by atoms with van der Waals surface area (Å²) in [5.74, 6) is 0.782. The minimum Gasteiger partial charge on any atom is -0.496 e. The molecule has 0 radical (unpaired) electrons. The molecule has 0 aliphatic carbocycles. The molecule has 3 nitrogen and oxygen atoms in total. The van der Waals surface area contributed by atoms with Crippen LogP contribution < -0.4 is 4.74 Å². The number of ether oxygens (including phenoxy) is 1. The molecule has 1 heterocycles. The van der Waals surface area contributed by atoms with Crippen molar-refractivity contribution in [3.63, 3.8) is 0 Å². The number of nitrogens with zero attached hydrogens (tertiary/aromatic N) is 2. The molecule has 1 aromatic heterocycles. The molecular weight excluding hydrogens is 220 g/mol. The van der Waals surface area contributed by atoms with Gasteiger partial charge in [-0.15, -0.1) is 11.3 Å². The Bertz CT molecular complexity index is 554. The fourth-order valence-corrected chi connectivity index (χ4v) is 2.20. The number of hydrogen-bond acceptors (Lipinski definition) is 4. The molecule has 0 bridgehead atoms. The molecule has 16 heavy (non-hydrogen) atoms. The van der Waals surface area contributed by atoms with Crippen LogP contribution in [0.2, 0.25) is 0 Å². The molecule has 2 aromatic rings. The third-order valence-corrected chi connectivity index (χ3v) is 3.08. The molecule has 2 rings (SSSR count). The number of nitriles is 1. The van der Waals surface area contributed by atoms with Crippen molar-refractivity contribution in [2.75, 3.05) is 7.11 Å². The third-order valence-electron chi connectivity index (χ3n) is 2.20. The van der Waals surface area contributed by atoms with Gasteiger partial charge < -0.3 is 4.74 Å². The minimum atomic E-state index is 0.448. The molecular formula is C12H10N2OS. The van der Waals surface area contributed by atoms with Crippen LogP contribution in [0.25, 0.3) is 10.6 Å². The van der Waals surface area contributed by atoms with E-state index in [-0.39, 0.29) is 0 Å². The lowest BCUT2D eigenvalue weighted by Crippen LogP contribution is -1.88. The third kappa shape index (κ3) is 1.90. The number of methoxy groups -OCH3 is 1. The van der Waals surface area contributed by atoms with Crippen molar-refractivity contribution in [1.82, 2.24) is 4.98 Å². The summed E-state index contributed by atoms with van der Waals surface area (Å²) in [7, 11) is 1.63. The molecule has 4 heteroatoms. The van der Waals surface area contributed by atoms with Gasteiger partial charge in [0, 0.05) is 5.38 Å². The lowest BCUT2D eigenvalue weighted by Gasteiger charge is -2.06. The summed E-state index contributed by atoms with van der Waals surface area (Å²) < 4.78 is 5.28. The predicted octanol–water partition coefficient (Wildman–Crippen LogP) is 3.00. The van der Waals surface area contributed by atoms with Crippen molar-refractivity contribution in [3.05, 3.63) is 34.8 Å². The quantitative estimate of drug-likeness (QED) is 0.796. The molecule has 0 saturated carbocycles. The molecule has 0 spiro atoms. The zero-order valence-electron chi connectivity index (χ0n) is 9.02. The monoisotopic (exact) mass is 230 g/mol. The van der Waals surface area contributed by atoms with E-state index in [1.165, 1.54) is 11.3 Å². The number of benzene rings is 1. The van der Waals surface area contributed by atoms with E-state index < -0.39 is 0 Å². The lowest BCUT2D eigenvalue weighted by atomic mass is 10.1. The van der Waals surface area contributed by atoms with Crippen LogP contribution in [-0.4, -0.2) is 12.1 Å². The van der Waals surface area contributed by atoms with Crippen LogP contribution in [0.4, 0.5) is 0 Å². The van der Waals surface area contributed by atoms with Gasteiger partial charge in [-0.1, -0.05) is 11.6 Å². The second-order valence-electron chi connectivity index (χ2n) is 3.35. The van der Waals surface area contributed by atoms with Crippen LogP contribution in [0.3, 0.4) is 0 Å². The van der Waals surface area contributed by atoms with E-state index >= 15 is 0 Å². The van der Waals surface area contributed by atoms with E-state index in [1.807, 2.05) is 31.2 Å². The van der Waals surface area contributed by atoms with Gasteiger partial charge in [0.1, 0.15) is 16.8 Å². The maximum Gasteiger partial charge on any atom is 0.152 e. The SMILES string of the molecule is COc1ccc(C)cc1-c1nc(C#N)cs1. The summed E-state index contributed by atoms with van der Waals surface area (Å²) in [4.78, 5) is 4.23. The van der Waals surface area contributed by atoms with Crippen LogP contribution in [0.5, 0.6) is 5.75 Å². The highest BCUT2D eigenvalue weighted by Crippen LogP contribution is 2.32. The van der Waals surface area contributed by atoms with E-state index in [4.69, 9.17) is 10.00 Å². The summed E-state index contributed by atoms with van der Waals surface area (Å²) in [6.07, 6.45) is 0. The van der Waals surface area contributed by atoms with E-state index in [0.29, 0.717) is 5.69 Å². The summed E-state index contributed by atoms with van der Waals surface area (Å²) in [6, 6.07) is 7.94. The van der Waals surface area contributed by atoms with Gasteiger partial charge in [-0.2, -0.15) is 5.26 Å². The first kappa shape index (κ1) is 10.7. The van der Waals surface area contributed by atoms with Gasteiger partial charge in [-0.05, 0) is 19.1 Å². The van der Waals surface area contributed by atoms with Crippen LogP contribution in [0.15, 0.2) is 23.6 Å². The number of aromatic nitrogens is 1. The highest BCUT2D eigenvalue weighted by Gasteiger charge is 2.10. The first-order valence-corrected chi connectivity index (χ1v) is 5.63. The minimum absolute atomic E-state index is 0.448. The highest BCUT2D eigenvalue weighted by atomic mass is 32.1. The van der Waals surface area contributed by atoms with Gasteiger partial charge in [0.2, 0.25) is 0 Å². The zero-order valence-corrected chi connectivity index (χ0v) is 9.84. The number of hydrogen-bond donors (Lipinski definition) is 0. The van der Waals surface area contributed by atoms with Gasteiger partial charge in [0.25, 0.3) is 0 Å². The number of rotatable bonds is 2. The highest BCUT2D eigenvalue weighted by molar-refractivity contribution is 7.13. The molecule has 1 aromatic carbocycles. The first-order chi connectivity index (χ1) is 7.74. The van der Waals surface area contributed by atoms with Gasteiger partial charge in [-0.3, -0.25) is 0 Å². The molecule has 0 N–H and O–H groups in total. The Kier molecular flexibility index (Phi) is 2.88. The van der Waals surface area contributed by atoms with Gasteiger partial charge >= 0.3 is 0 Å². The van der Waals surface area contributed by atoms with Crippen molar-refractivity contribution in [1.29, 1.82) is 5.26 Å². The smallest absolute Gasteiger partial charge is 0.152 e. The molecule has 0 aliphatic heterocycles. The zero-order chi connectivity index (χ0) is 11.5. The normalized spacial score (nSPS) is 9.81. The van der Waals surface area contributed by atoms with Crippen LogP contribution >= 0.6 is 11.3 Å². The standard InChI is InChI=1S/C12H10N2OS/c1-8-3-4-11(15-2)10(5-8)12-14-9(6-13)7-16-12/h3-5,7H,1-2H3. The second-order valence-corrected chi connectivity index (χ2v) is 4.21. The molecule has 0 amide bonds. The first-order valence-electron chi connectivity index (χ1n) is 4.75. The molecule has 0 atom stereocenters. The maximum atomic E-state index is 8.74. The number of thiazole rings is 1. The average molecular weight is 230 g/mol. The fourth-order valence-electron chi connectivity index (χ4n) is 1.44. The van der Waals surface area contributed by atoms with Crippen molar-refractivity contribution in [2.24, 2.45) is 0 Å². The van der Waals surface area contributed by atoms with E-state index in [9.17, 15) is 0 Å². The van der Waals surface area contributed by atoms with Gasteiger partial charge in [-0.25, -0.2) is 4.98 Å². The van der Waals surface area contributed by atoms with E-state index in [0.717, 1.165) is 21.9 Å². The van der Waals surface area contributed by atoms with E-state index in [2.05, 4.69) is 4.98 Å². The Hall–Kier alpha value is -1.86. The predicted molar refractivity (Wildman–Crippen MR) is 63.6 cm³/mol. The Morgan fingerprint density at radius 1 is 1.44 bits per heavy atom. The Morgan fingerprint density at radius 2 is 2.25 bits per heavy atom. The molecule has 0 fully saturated rings. The van der Waals surface area contributed by atoms with Gasteiger partial charge in [0.05, 0.1) is 12.7 Å². The maximum absolute atomic E-state index is 8.74. The molecule has 0 aliphatic rings. The van der Waals surface area contributed by atoms with Gasteiger partial charge in [0.15, 0.2) is 5.69 Å². The van der Waals surface area contributed by atoms with E-state index in [1.54, 1.807) is 12.5 Å². The summed E-state index contributed by atoms with van der Waals surface area (Å²) in [5, 5.41) is 11.3. The molecule has 0 saturated heterocycles.